The molecule has 0 aliphatic heterocycles. The van der Waals surface area contributed by atoms with Crippen molar-refractivity contribution in [2.45, 2.75) is 13.8 Å². The largest absolute Gasteiger partial charge is 0.378 e. The van der Waals surface area contributed by atoms with Gasteiger partial charge in [0, 0.05) is 37.3 Å². The Morgan fingerprint density at radius 3 is 2.27 bits per heavy atom. The molecule has 1 aromatic carbocycles. The SMILES string of the molecule is CC(C=CC(=O)NO)=C[C@@H](C)C(=O)c1ccc(N(C)C)cc1. The molecule has 0 aliphatic rings. The maximum atomic E-state index is 12.4. The Morgan fingerprint density at radius 1 is 1.18 bits per heavy atom. The van der Waals surface area contributed by atoms with Crippen LogP contribution in [0, 0.1) is 5.92 Å². The highest BCUT2D eigenvalue weighted by molar-refractivity contribution is 5.99. The second-order valence-electron chi connectivity index (χ2n) is 5.31. The van der Waals surface area contributed by atoms with Gasteiger partial charge in [-0.1, -0.05) is 24.6 Å². The standard InChI is InChI=1S/C17H22N2O3/c1-12(5-10-16(20)18-22)11-13(2)17(21)14-6-8-15(9-7-14)19(3)4/h5-11,13,22H,1-4H3,(H,18,20)/t13-/m1/s1. The zero-order chi connectivity index (χ0) is 16.7. The van der Waals surface area contributed by atoms with Crippen LogP contribution in [0.2, 0.25) is 0 Å². The number of ketones is 1. The van der Waals surface area contributed by atoms with Gasteiger partial charge in [-0.15, -0.1) is 0 Å². The predicted molar refractivity (Wildman–Crippen MR) is 87.1 cm³/mol. The minimum absolute atomic E-state index is 0.0182. The van der Waals surface area contributed by atoms with Crippen molar-refractivity contribution in [3.8, 4) is 0 Å². The number of rotatable bonds is 6. The van der Waals surface area contributed by atoms with Crippen molar-refractivity contribution in [1.82, 2.24) is 5.48 Å². The van der Waals surface area contributed by atoms with Crippen LogP contribution in [0.15, 0.2) is 48.1 Å². The zero-order valence-electron chi connectivity index (χ0n) is 13.3. The Hall–Kier alpha value is -2.40. The molecule has 22 heavy (non-hydrogen) atoms. The lowest BCUT2D eigenvalue weighted by Crippen LogP contribution is -2.15. The summed E-state index contributed by atoms with van der Waals surface area (Å²) in [5.41, 5.74) is 3.97. The van der Waals surface area contributed by atoms with Crippen molar-refractivity contribution in [3.63, 3.8) is 0 Å². The van der Waals surface area contributed by atoms with Crippen molar-refractivity contribution in [2.75, 3.05) is 19.0 Å². The van der Waals surface area contributed by atoms with E-state index in [4.69, 9.17) is 5.21 Å². The first-order valence-corrected chi connectivity index (χ1v) is 6.97. The molecule has 2 N–H and O–H groups in total. The predicted octanol–water partition coefficient (Wildman–Crippen LogP) is 2.58. The summed E-state index contributed by atoms with van der Waals surface area (Å²) < 4.78 is 0. The van der Waals surface area contributed by atoms with Crippen LogP contribution in [0.25, 0.3) is 0 Å². The second-order valence-corrected chi connectivity index (χ2v) is 5.31. The smallest absolute Gasteiger partial charge is 0.267 e. The van der Waals surface area contributed by atoms with Crippen LogP contribution in [0.1, 0.15) is 24.2 Å². The average molecular weight is 302 g/mol. The molecule has 0 spiro atoms. The molecule has 0 radical (unpaired) electrons. The van der Waals surface area contributed by atoms with E-state index in [0.717, 1.165) is 11.3 Å². The molecule has 1 rings (SSSR count). The highest BCUT2D eigenvalue weighted by Crippen LogP contribution is 2.17. The van der Waals surface area contributed by atoms with Crippen LogP contribution >= 0.6 is 0 Å². The van der Waals surface area contributed by atoms with Crippen LogP contribution in [0.4, 0.5) is 5.69 Å². The van der Waals surface area contributed by atoms with Crippen LogP contribution in [0.5, 0.6) is 0 Å². The fourth-order valence-corrected chi connectivity index (χ4v) is 1.96. The van der Waals surface area contributed by atoms with Gasteiger partial charge >= 0.3 is 0 Å². The van der Waals surface area contributed by atoms with E-state index < -0.39 is 5.91 Å². The van der Waals surface area contributed by atoms with Gasteiger partial charge in [0.15, 0.2) is 5.78 Å². The summed E-state index contributed by atoms with van der Waals surface area (Å²) in [6.45, 7) is 3.60. The number of carbonyl (C=O) groups excluding carboxylic acids is 2. The van der Waals surface area contributed by atoms with E-state index in [1.54, 1.807) is 19.1 Å². The Morgan fingerprint density at radius 2 is 1.77 bits per heavy atom. The molecule has 118 valence electrons. The fraction of sp³-hybridized carbons (Fsp3) is 0.294. The maximum Gasteiger partial charge on any atom is 0.267 e. The Balaban J connectivity index is 2.79. The third-order valence-electron chi connectivity index (χ3n) is 3.20. The molecule has 5 heteroatoms. The van der Waals surface area contributed by atoms with Crippen LogP contribution < -0.4 is 10.4 Å². The summed E-state index contributed by atoms with van der Waals surface area (Å²) in [6.07, 6.45) is 4.53. The summed E-state index contributed by atoms with van der Waals surface area (Å²) in [7, 11) is 3.89. The number of hydrogen-bond acceptors (Lipinski definition) is 4. The topological polar surface area (TPSA) is 69.6 Å². The van der Waals surface area contributed by atoms with Gasteiger partial charge in [0.25, 0.3) is 5.91 Å². The minimum atomic E-state index is -0.606. The first-order valence-electron chi connectivity index (χ1n) is 6.97. The van der Waals surface area contributed by atoms with Crippen molar-refractivity contribution in [1.29, 1.82) is 0 Å². The number of Topliss-reactive ketones (excluding diaryl/α,β-unsaturated/α-hetero) is 1. The molecule has 0 saturated heterocycles. The maximum absolute atomic E-state index is 12.4. The van der Waals surface area contributed by atoms with Gasteiger partial charge in [0.2, 0.25) is 0 Å². The molecular weight excluding hydrogens is 280 g/mol. The molecular formula is C17H22N2O3. The van der Waals surface area contributed by atoms with Crippen molar-refractivity contribution in [3.05, 3.63) is 53.6 Å². The molecule has 1 atom stereocenters. The number of hydrogen-bond donors (Lipinski definition) is 2. The van der Waals surface area contributed by atoms with E-state index in [1.165, 1.54) is 11.6 Å². The van der Waals surface area contributed by atoms with Gasteiger partial charge < -0.3 is 4.90 Å². The van der Waals surface area contributed by atoms with Gasteiger partial charge in [0.1, 0.15) is 0 Å². The summed E-state index contributed by atoms with van der Waals surface area (Å²) in [4.78, 5) is 25.2. The molecule has 0 fully saturated rings. The molecule has 1 aromatic rings. The molecule has 0 heterocycles. The van der Waals surface area contributed by atoms with E-state index in [9.17, 15) is 9.59 Å². The highest BCUT2D eigenvalue weighted by Gasteiger charge is 2.13. The molecule has 0 unspecified atom stereocenters. The highest BCUT2D eigenvalue weighted by atomic mass is 16.5. The van der Waals surface area contributed by atoms with Gasteiger partial charge in [-0.2, -0.15) is 0 Å². The lowest BCUT2D eigenvalue weighted by atomic mass is 9.97. The lowest BCUT2D eigenvalue weighted by Gasteiger charge is -2.13. The van der Waals surface area contributed by atoms with Gasteiger partial charge in [-0.05, 0) is 31.2 Å². The monoisotopic (exact) mass is 302 g/mol. The van der Waals surface area contributed by atoms with Crippen LogP contribution in [-0.4, -0.2) is 31.0 Å². The fourth-order valence-electron chi connectivity index (χ4n) is 1.96. The molecule has 0 saturated carbocycles. The summed E-state index contributed by atoms with van der Waals surface area (Å²) in [5.74, 6) is -0.886. The molecule has 0 bridgehead atoms. The van der Waals surface area contributed by atoms with Crippen LogP contribution in [-0.2, 0) is 4.79 Å². The van der Waals surface area contributed by atoms with E-state index in [2.05, 4.69) is 0 Å². The Bertz CT molecular complexity index is 586. The van der Waals surface area contributed by atoms with Gasteiger partial charge in [-0.25, -0.2) is 5.48 Å². The number of anilines is 1. The summed E-state index contributed by atoms with van der Waals surface area (Å²) in [6, 6.07) is 7.43. The van der Waals surface area contributed by atoms with E-state index in [0.29, 0.717) is 5.56 Å². The molecule has 0 aliphatic carbocycles. The number of nitrogens with one attached hydrogen (secondary N) is 1. The van der Waals surface area contributed by atoms with E-state index in [-0.39, 0.29) is 11.7 Å². The lowest BCUT2D eigenvalue weighted by molar-refractivity contribution is -0.124. The third-order valence-corrected chi connectivity index (χ3v) is 3.20. The third kappa shape index (κ3) is 5.18. The minimum Gasteiger partial charge on any atom is -0.378 e. The molecule has 5 nitrogen and oxygen atoms in total. The first kappa shape index (κ1) is 17.7. The number of benzene rings is 1. The summed E-state index contributed by atoms with van der Waals surface area (Å²) >= 11 is 0. The van der Waals surface area contributed by atoms with Crippen LogP contribution in [0.3, 0.4) is 0 Å². The Kier molecular flexibility index (Phi) is 6.53. The summed E-state index contributed by atoms with van der Waals surface area (Å²) in [5, 5.41) is 8.40. The van der Waals surface area contributed by atoms with Crippen molar-refractivity contribution < 1.29 is 14.8 Å². The average Bonchev–Trinajstić information content (AvgIpc) is 2.51. The van der Waals surface area contributed by atoms with E-state index in [1.807, 2.05) is 50.2 Å². The molecule has 0 aromatic heterocycles. The number of carbonyl (C=O) groups is 2. The van der Waals surface area contributed by atoms with Crippen molar-refractivity contribution >= 4 is 17.4 Å². The zero-order valence-corrected chi connectivity index (χ0v) is 13.3. The number of nitrogens with zero attached hydrogens (tertiary/aromatic N) is 1. The van der Waals surface area contributed by atoms with Gasteiger partial charge in [0.05, 0.1) is 0 Å². The second kappa shape index (κ2) is 8.14. The normalized spacial score (nSPS) is 13.0. The quantitative estimate of drug-likeness (QED) is 0.279. The van der Waals surface area contributed by atoms with Crippen molar-refractivity contribution in [2.24, 2.45) is 5.92 Å². The number of amides is 1. The molecule has 1 amide bonds. The van der Waals surface area contributed by atoms with Gasteiger partial charge in [-0.3, -0.25) is 14.8 Å². The van der Waals surface area contributed by atoms with E-state index >= 15 is 0 Å². The number of allylic oxidation sites excluding steroid dienone is 3. The Labute approximate surface area is 130 Å². The number of hydroxylamine groups is 1. The first-order chi connectivity index (χ1) is 10.3.